The van der Waals surface area contributed by atoms with Gasteiger partial charge in [0.2, 0.25) is 23.5 Å². The van der Waals surface area contributed by atoms with E-state index in [4.69, 9.17) is 4.74 Å². The number of Topliss-reactive ketones (excluding diaryl/α,β-unsaturated/α-hetero) is 1. The number of nitrogens with zero attached hydrogens (tertiary/aromatic N) is 1. The second kappa shape index (κ2) is 18.9. The first-order valence-electron chi connectivity index (χ1n) is 16.6. The van der Waals surface area contributed by atoms with Gasteiger partial charge in [-0.2, -0.15) is 0 Å². The van der Waals surface area contributed by atoms with E-state index in [-0.39, 0.29) is 19.0 Å². The van der Waals surface area contributed by atoms with Crippen LogP contribution in [0, 0.1) is 12.3 Å². The van der Waals surface area contributed by atoms with Gasteiger partial charge >= 0.3 is 6.09 Å². The van der Waals surface area contributed by atoms with Crippen LogP contribution in [0.3, 0.4) is 0 Å². The van der Waals surface area contributed by atoms with Gasteiger partial charge in [0.05, 0.1) is 12.6 Å². The molecule has 1 heterocycles. The molecule has 0 aromatic heterocycles. The van der Waals surface area contributed by atoms with Gasteiger partial charge in [0.15, 0.2) is 0 Å². The fourth-order valence-electron chi connectivity index (χ4n) is 4.85. The van der Waals surface area contributed by atoms with Crippen molar-refractivity contribution in [1.82, 2.24) is 26.2 Å². The molecule has 1 aromatic carbocycles. The zero-order chi connectivity index (χ0) is 36.8. The maximum atomic E-state index is 13.7. The average Bonchev–Trinajstić information content (AvgIpc) is 3.47. The highest BCUT2D eigenvalue weighted by atomic mass is 16.6. The number of hydrogen-bond donors (Lipinski definition) is 4. The molecule has 4 N–H and O–H groups in total. The van der Waals surface area contributed by atoms with Gasteiger partial charge in [-0.15, -0.1) is 6.58 Å². The summed E-state index contributed by atoms with van der Waals surface area (Å²) in [5.41, 5.74) is 0.495. The number of rotatable bonds is 12. The van der Waals surface area contributed by atoms with Crippen molar-refractivity contribution in [2.45, 2.75) is 125 Å². The molecule has 0 saturated carbocycles. The molecule has 1 saturated heterocycles. The second-order valence-corrected chi connectivity index (χ2v) is 14.2. The van der Waals surface area contributed by atoms with Crippen LogP contribution in [0.4, 0.5) is 4.79 Å². The van der Waals surface area contributed by atoms with Crippen LogP contribution in [0.5, 0.6) is 0 Å². The van der Waals surface area contributed by atoms with E-state index < -0.39 is 71.2 Å². The van der Waals surface area contributed by atoms with Crippen LogP contribution in [0.2, 0.25) is 0 Å². The minimum Gasteiger partial charge on any atom is -0.444 e. The van der Waals surface area contributed by atoms with Gasteiger partial charge in [0.1, 0.15) is 23.7 Å². The number of benzene rings is 1. The van der Waals surface area contributed by atoms with E-state index in [0.717, 1.165) is 11.1 Å². The maximum absolute atomic E-state index is 13.7. The summed E-state index contributed by atoms with van der Waals surface area (Å²) >= 11 is 0. The summed E-state index contributed by atoms with van der Waals surface area (Å²) in [6, 6.07) is 4.18. The first-order valence-corrected chi connectivity index (χ1v) is 16.6. The molecule has 1 aliphatic rings. The summed E-state index contributed by atoms with van der Waals surface area (Å²) in [5.74, 6) is -3.53. The summed E-state index contributed by atoms with van der Waals surface area (Å²) in [5, 5.41) is 10.3. The monoisotopic (exact) mass is 671 g/mol. The normalized spacial score (nSPS) is 16.2. The lowest BCUT2D eigenvalue weighted by molar-refractivity contribution is -0.144. The molecule has 2 rings (SSSR count). The minimum absolute atomic E-state index is 0.0415. The maximum Gasteiger partial charge on any atom is 0.408 e. The van der Waals surface area contributed by atoms with E-state index in [2.05, 4.69) is 41.7 Å². The lowest BCUT2D eigenvalue weighted by atomic mass is 9.85. The quantitative estimate of drug-likeness (QED) is 0.191. The molecule has 0 radical (unpaired) electrons. The summed E-state index contributed by atoms with van der Waals surface area (Å²) in [4.78, 5) is 79.1. The average molecular weight is 672 g/mol. The predicted octanol–water partition coefficient (Wildman–Crippen LogP) is 4.27. The molecule has 1 fully saturated rings. The Balaban J connectivity index is 0.00000369. The zero-order valence-electron chi connectivity index (χ0n) is 30.5. The standard InChI is InChI=1S/C33H49N5O7.C3H8/c1-10-12-23(26(40)29(42)34-19-25(39)35-21(3)22-16-14-20(2)15-17-22)36-28(41)24-13-11-18-38(24)30(43)27(32(4,5)6)37-31(44)45-33(7,8)9;1-3-2/h10,14-17,21,23-24,27H,1,11-13,18-19H2,2-9H3,(H,34,42)(H,35,39)(H,36,41)(H,37,44);3H2,1-2H3/t21?,23?,24-,27+;/m0./s1. The largest absolute Gasteiger partial charge is 0.444 e. The van der Waals surface area contributed by atoms with Crippen molar-refractivity contribution >= 4 is 35.5 Å². The summed E-state index contributed by atoms with van der Waals surface area (Å²) in [7, 11) is 0. The van der Waals surface area contributed by atoms with Crippen molar-refractivity contribution in [1.29, 1.82) is 0 Å². The third kappa shape index (κ3) is 13.9. The first-order chi connectivity index (χ1) is 22.2. The molecule has 0 aliphatic carbocycles. The lowest BCUT2D eigenvalue weighted by Crippen LogP contribution is -2.59. The Labute approximate surface area is 286 Å². The molecule has 12 nitrogen and oxygen atoms in total. The zero-order valence-corrected chi connectivity index (χ0v) is 30.5. The third-order valence-electron chi connectivity index (χ3n) is 7.24. The van der Waals surface area contributed by atoms with Crippen LogP contribution in [-0.2, 0) is 28.7 Å². The second-order valence-electron chi connectivity index (χ2n) is 14.2. The number of aryl methyl sites for hydroxylation is 1. The van der Waals surface area contributed by atoms with Crippen molar-refractivity contribution in [2.24, 2.45) is 5.41 Å². The van der Waals surface area contributed by atoms with E-state index in [1.54, 1.807) is 48.5 Å². The number of alkyl carbamates (subject to hydrolysis) is 1. The Morgan fingerprint density at radius 2 is 1.56 bits per heavy atom. The van der Waals surface area contributed by atoms with Crippen molar-refractivity contribution in [3.63, 3.8) is 0 Å². The van der Waals surface area contributed by atoms with Gasteiger partial charge in [-0.3, -0.25) is 24.0 Å². The smallest absolute Gasteiger partial charge is 0.408 e. The minimum atomic E-state index is -1.25. The predicted molar refractivity (Wildman–Crippen MR) is 186 cm³/mol. The molecule has 48 heavy (non-hydrogen) atoms. The number of nitrogens with one attached hydrogen (secondary N) is 4. The number of hydrogen-bond acceptors (Lipinski definition) is 7. The van der Waals surface area contributed by atoms with Crippen LogP contribution in [0.15, 0.2) is 36.9 Å². The summed E-state index contributed by atoms with van der Waals surface area (Å²) < 4.78 is 5.35. The van der Waals surface area contributed by atoms with Crippen molar-refractivity contribution in [2.75, 3.05) is 13.1 Å². The fourth-order valence-corrected chi connectivity index (χ4v) is 4.85. The SMILES string of the molecule is C=CCC(NC(=O)[C@@H]1CCCN1C(=O)[C@@H](NC(=O)OC(C)(C)C)C(C)(C)C)C(=O)C(=O)NCC(=O)NC(C)c1ccc(C)cc1.CCC. The molecule has 4 atom stereocenters. The van der Waals surface area contributed by atoms with E-state index in [9.17, 15) is 28.8 Å². The van der Waals surface area contributed by atoms with Crippen LogP contribution >= 0.6 is 0 Å². The molecule has 12 heteroatoms. The van der Waals surface area contributed by atoms with Crippen molar-refractivity contribution in [3.05, 3.63) is 48.0 Å². The number of carbonyl (C=O) groups excluding carboxylic acids is 6. The lowest BCUT2D eigenvalue weighted by Gasteiger charge is -2.36. The number of amides is 5. The van der Waals surface area contributed by atoms with Gasteiger partial charge in [0, 0.05) is 6.54 Å². The Morgan fingerprint density at radius 3 is 2.08 bits per heavy atom. The van der Waals surface area contributed by atoms with E-state index >= 15 is 0 Å². The van der Waals surface area contributed by atoms with Crippen molar-refractivity contribution < 1.29 is 33.5 Å². The number of ketones is 1. The van der Waals surface area contributed by atoms with Crippen LogP contribution in [0.25, 0.3) is 0 Å². The Morgan fingerprint density at radius 1 is 0.979 bits per heavy atom. The molecule has 268 valence electrons. The van der Waals surface area contributed by atoms with E-state index in [1.165, 1.54) is 17.4 Å². The van der Waals surface area contributed by atoms with Gasteiger partial charge in [-0.25, -0.2) is 4.79 Å². The van der Waals surface area contributed by atoms with E-state index in [1.807, 2.05) is 31.2 Å². The molecule has 5 amide bonds. The van der Waals surface area contributed by atoms with Crippen molar-refractivity contribution in [3.8, 4) is 0 Å². The van der Waals surface area contributed by atoms with Gasteiger partial charge < -0.3 is 30.9 Å². The Hall–Kier alpha value is -4.22. The van der Waals surface area contributed by atoms with Crippen LogP contribution < -0.4 is 21.3 Å². The Kier molecular flexibility index (Phi) is 16.5. The molecule has 0 bridgehead atoms. The summed E-state index contributed by atoms with van der Waals surface area (Å²) in [6.45, 7) is 22.0. The topological polar surface area (TPSA) is 163 Å². The highest BCUT2D eigenvalue weighted by Crippen LogP contribution is 2.26. The summed E-state index contributed by atoms with van der Waals surface area (Å²) in [6.07, 6.45) is 2.71. The molecule has 1 aromatic rings. The van der Waals surface area contributed by atoms with E-state index in [0.29, 0.717) is 12.8 Å². The Bertz CT molecular complexity index is 1280. The molecule has 0 spiro atoms. The highest BCUT2D eigenvalue weighted by molar-refractivity contribution is 6.38. The molecule has 2 unspecified atom stereocenters. The van der Waals surface area contributed by atoms with Crippen LogP contribution in [-0.4, -0.2) is 77.2 Å². The molecule has 1 aliphatic heterocycles. The number of likely N-dealkylation sites (tertiary alicyclic amines) is 1. The number of carbonyl (C=O) groups is 6. The molecular weight excluding hydrogens is 614 g/mol. The fraction of sp³-hybridized carbons (Fsp3) is 0.611. The van der Waals surface area contributed by atoms with Crippen LogP contribution in [0.1, 0.15) is 105 Å². The molecular formula is C36H57N5O7. The first kappa shape index (κ1) is 41.8. The third-order valence-corrected chi connectivity index (χ3v) is 7.24. The number of ether oxygens (including phenoxy) is 1. The van der Waals surface area contributed by atoms with Gasteiger partial charge in [-0.05, 0) is 64.9 Å². The van der Waals surface area contributed by atoms with Gasteiger partial charge in [-0.1, -0.05) is 76.9 Å². The highest BCUT2D eigenvalue weighted by Gasteiger charge is 2.43. The van der Waals surface area contributed by atoms with Gasteiger partial charge in [0.25, 0.3) is 5.91 Å².